The van der Waals surface area contributed by atoms with Crippen LogP contribution >= 0.6 is 0 Å². The summed E-state index contributed by atoms with van der Waals surface area (Å²) in [7, 11) is 3.24. The van der Waals surface area contributed by atoms with Gasteiger partial charge in [-0.1, -0.05) is 12.1 Å². The van der Waals surface area contributed by atoms with Crippen molar-refractivity contribution in [1.29, 1.82) is 0 Å². The van der Waals surface area contributed by atoms with Gasteiger partial charge in [0.15, 0.2) is 0 Å². The normalized spacial score (nSPS) is 11.4. The Kier molecular flexibility index (Phi) is 6.01. The molecule has 8 nitrogen and oxygen atoms in total. The molecule has 36 heavy (non-hydrogen) atoms. The Morgan fingerprint density at radius 3 is 2.11 bits per heavy atom. The molecule has 5 aromatic rings. The van der Waals surface area contributed by atoms with Gasteiger partial charge in [0.05, 0.1) is 38.1 Å². The SMILES string of the molecule is COc1ccc(Cn2c(=O)c3c(N)n(-c4ccc(OC)cc4)nc3c3ccc(OC(C)C)cc32)cc1. The second-order valence-corrected chi connectivity index (χ2v) is 8.80. The molecule has 5 rings (SSSR count). The average Bonchev–Trinajstić information content (AvgIpc) is 3.23. The molecule has 184 valence electrons. The summed E-state index contributed by atoms with van der Waals surface area (Å²) in [6, 6.07) is 20.7. The van der Waals surface area contributed by atoms with Crippen molar-refractivity contribution >= 4 is 27.6 Å². The number of pyridine rings is 1. The van der Waals surface area contributed by atoms with Gasteiger partial charge >= 0.3 is 0 Å². The zero-order chi connectivity index (χ0) is 25.4. The maximum Gasteiger partial charge on any atom is 0.264 e. The second kappa shape index (κ2) is 9.30. The Bertz CT molecular complexity index is 1600. The molecule has 3 aromatic carbocycles. The Hall–Kier alpha value is -4.46. The number of hydrogen-bond acceptors (Lipinski definition) is 6. The molecule has 0 bridgehead atoms. The Morgan fingerprint density at radius 2 is 1.50 bits per heavy atom. The first-order chi connectivity index (χ1) is 17.4. The zero-order valence-corrected chi connectivity index (χ0v) is 20.7. The molecule has 0 unspecified atom stereocenters. The van der Waals surface area contributed by atoms with Crippen LogP contribution in [0.15, 0.2) is 71.5 Å². The van der Waals surface area contributed by atoms with Gasteiger partial charge < -0.3 is 24.5 Å². The Morgan fingerprint density at radius 1 is 0.889 bits per heavy atom. The van der Waals surface area contributed by atoms with E-state index < -0.39 is 0 Å². The molecule has 2 heterocycles. The van der Waals surface area contributed by atoms with Crippen LogP contribution in [-0.4, -0.2) is 34.7 Å². The van der Waals surface area contributed by atoms with E-state index in [4.69, 9.17) is 25.0 Å². The first-order valence-corrected chi connectivity index (χ1v) is 11.7. The number of anilines is 1. The van der Waals surface area contributed by atoms with Crippen LogP contribution in [0.1, 0.15) is 19.4 Å². The van der Waals surface area contributed by atoms with Crippen molar-refractivity contribution < 1.29 is 14.2 Å². The van der Waals surface area contributed by atoms with E-state index in [-0.39, 0.29) is 17.5 Å². The fraction of sp³-hybridized carbons (Fsp3) is 0.214. The number of methoxy groups -OCH3 is 2. The summed E-state index contributed by atoms with van der Waals surface area (Å²) >= 11 is 0. The van der Waals surface area contributed by atoms with E-state index in [0.717, 1.165) is 33.7 Å². The summed E-state index contributed by atoms with van der Waals surface area (Å²) in [6.45, 7) is 4.29. The van der Waals surface area contributed by atoms with Crippen LogP contribution in [0.25, 0.3) is 27.5 Å². The van der Waals surface area contributed by atoms with Crippen molar-refractivity contribution in [3.05, 3.63) is 82.6 Å². The van der Waals surface area contributed by atoms with Gasteiger partial charge in [-0.15, -0.1) is 0 Å². The highest BCUT2D eigenvalue weighted by molar-refractivity contribution is 6.07. The van der Waals surface area contributed by atoms with Crippen LogP contribution < -0.4 is 25.5 Å². The predicted octanol–water partition coefficient (Wildman–Crippen LogP) is 4.78. The Labute approximate surface area is 208 Å². The van der Waals surface area contributed by atoms with Crippen LogP contribution in [0, 0.1) is 0 Å². The van der Waals surface area contributed by atoms with Crippen molar-refractivity contribution in [2.75, 3.05) is 20.0 Å². The highest BCUT2D eigenvalue weighted by Crippen LogP contribution is 2.31. The van der Waals surface area contributed by atoms with Crippen LogP contribution in [0.5, 0.6) is 17.2 Å². The molecule has 8 heteroatoms. The molecule has 2 aromatic heterocycles. The van der Waals surface area contributed by atoms with Gasteiger partial charge in [-0.2, -0.15) is 5.10 Å². The lowest BCUT2D eigenvalue weighted by Crippen LogP contribution is -2.22. The highest BCUT2D eigenvalue weighted by atomic mass is 16.5. The third-order valence-corrected chi connectivity index (χ3v) is 6.08. The summed E-state index contributed by atoms with van der Waals surface area (Å²) in [6.07, 6.45) is -0.00198. The topological polar surface area (TPSA) is 93.5 Å². The lowest BCUT2D eigenvalue weighted by molar-refractivity contribution is 0.242. The average molecular weight is 485 g/mol. The third-order valence-electron chi connectivity index (χ3n) is 6.08. The van der Waals surface area contributed by atoms with E-state index >= 15 is 0 Å². The molecule has 0 aliphatic carbocycles. The number of nitrogens with two attached hydrogens (primary N) is 1. The second-order valence-electron chi connectivity index (χ2n) is 8.80. The number of ether oxygens (including phenoxy) is 3. The van der Waals surface area contributed by atoms with Crippen molar-refractivity contribution in [3.63, 3.8) is 0 Å². The van der Waals surface area contributed by atoms with Crippen molar-refractivity contribution in [2.45, 2.75) is 26.5 Å². The number of fused-ring (bicyclic) bond motifs is 3. The van der Waals surface area contributed by atoms with Gasteiger partial charge in [0.25, 0.3) is 5.56 Å². The number of rotatable bonds is 7. The van der Waals surface area contributed by atoms with Crippen molar-refractivity contribution in [2.24, 2.45) is 0 Å². The molecule has 2 N–H and O–H groups in total. The molecule has 0 aliphatic heterocycles. The fourth-order valence-corrected chi connectivity index (χ4v) is 4.35. The lowest BCUT2D eigenvalue weighted by Gasteiger charge is -2.15. The van der Waals surface area contributed by atoms with Gasteiger partial charge in [-0.05, 0) is 67.9 Å². The first-order valence-electron chi connectivity index (χ1n) is 11.7. The number of aromatic nitrogens is 3. The van der Waals surface area contributed by atoms with Gasteiger partial charge in [0.2, 0.25) is 0 Å². The molecule has 0 atom stereocenters. The van der Waals surface area contributed by atoms with Gasteiger partial charge in [0.1, 0.15) is 34.0 Å². The minimum atomic E-state index is -0.215. The molecule has 0 aliphatic rings. The molecule has 0 saturated heterocycles. The van der Waals surface area contributed by atoms with Crippen LogP contribution in [0.4, 0.5) is 5.82 Å². The van der Waals surface area contributed by atoms with Crippen LogP contribution in [0.3, 0.4) is 0 Å². The zero-order valence-electron chi connectivity index (χ0n) is 20.7. The van der Waals surface area contributed by atoms with E-state index in [1.54, 1.807) is 23.5 Å². The predicted molar refractivity (Wildman–Crippen MR) is 142 cm³/mol. The third kappa shape index (κ3) is 4.11. The molecule has 0 spiro atoms. The van der Waals surface area contributed by atoms with Gasteiger partial charge in [-0.3, -0.25) is 4.79 Å². The van der Waals surface area contributed by atoms with Crippen LogP contribution in [-0.2, 0) is 6.54 Å². The summed E-state index contributed by atoms with van der Waals surface area (Å²) < 4.78 is 19.8. The number of hydrogen-bond donors (Lipinski definition) is 1. The molecule has 0 fully saturated rings. The largest absolute Gasteiger partial charge is 0.497 e. The van der Waals surface area contributed by atoms with E-state index in [9.17, 15) is 4.79 Å². The van der Waals surface area contributed by atoms with Crippen molar-refractivity contribution in [3.8, 4) is 22.9 Å². The molecular weight excluding hydrogens is 456 g/mol. The summed E-state index contributed by atoms with van der Waals surface area (Å²) in [5.41, 5.74) is 9.29. The molecular formula is C28H28N4O4. The van der Waals surface area contributed by atoms with Gasteiger partial charge in [-0.25, -0.2) is 4.68 Å². The summed E-state index contributed by atoms with van der Waals surface area (Å²) in [5, 5.41) is 5.96. The minimum absolute atomic E-state index is 0.00198. The van der Waals surface area contributed by atoms with E-state index in [0.29, 0.717) is 23.2 Å². The number of nitrogens with zero attached hydrogens (tertiary/aromatic N) is 3. The fourth-order valence-electron chi connectivity index (χ4n) is 4.35. The monoisotopic (exact) mass is 484 g/mol. The maximum absolute atomic E-state index is 13.9. The minimum Gasteiger partial charge on any atom is -0.497 e. The highest BCUT2D eigenvalue weighted by Gasteiger charge is 2.20. The van der Waals surface area contributed by atoms with E-state index in [1.807, 2.05) is 80.6 Å². The summed E-state index contributed by atoms with van der Waals surface area (Å²) in [4.78, 5) is 13.9. The van der Waals surface area contributed by atoms with E-state index in [2.05, 4.69) is 0 Å². The molecule has 0 amide bonds. The lowest BCUT2D eigenvalue weighted by atomic mass is 10.1. The van der Waals surface area contributed by atoms with Gasteiger partial charge in [0, 0.05) is 11.5 Å². The smallest absolute Gasteiger partial charge is 0.264 e. The Balaban J connectivity index is 1.75. The number of benzene rings is 3. The standard InChI is InChI=1S/C28H28N4O4/c1-17(2)36-22-13-14-23-24(15-22)31(16-18-5-9-20(34-3)10-6-18)28(33)25-26(23)30-32(27(25)29)19-7-11-21(35-4)12-8-19/h5-15,17H,16,29H2,1-4H3. The van der Waals surface area contributed by atoms with Crippen LogP contribution in [0.2, 0.25) is 0 Å². The van der Waals surface area contributed by atoms with Crippen molar-refractivity contribution in [1.82, 2.24) is 14.3 Å². The van der Waals surface area contributed by atoms with E-state index in [1.165, 1.54) is 0 Å². The number of nitrogen functional groups attached to an aromatic ring is 1. The summed E-state index contributed by atoms with van der Waals surface area (Å²) in [5.74, 6) is 2.44. The molecule has 0 saturated carbocycles. The quantitative estimate of drug-likeness (QED) is 0.358. The molecule has 0 radical (unpaired) electrons. The first kappa shape index (κ1) is 23.3. The maximum atomic E-state index is 13.9.